The van der Waals surface area contributed by atoms with Crippen LogP contribution in [0.2, 0.25) is 0 Å². The second kappa shape index (κ2) is 4.72. The van der Waals surface area contributed by atoms with Crippen molar-refractivity contribution in [2.75, 3.05) is 20.1 Å². The van der Waals surface area contributed by atoms with Crippen LogP contribution < -0.4 is 0 Å². The van der Waals surface area contributed by atoms with Gasteiger partial charge in [0.25, 0.3) is 0 Å². The first-order valence-electron chi connectivity index (χ1n) is 4.99. The number of aromatic nitrogens is 2. The highest BCUT2D eigenvalue weighted by molar-refractivity contribution is 5.38. The van der Waals surface area contributed by atoms with E-state index in [0.717, 1.165) is 25.1 Å². The monoisotopic (exact) mass is 199 g/mol. The molecule has 0 atom stereocenters. The number of nitrogens with zero attached hydrogens (tertiary/aromatic N) is 3. The molecule has 0 N–H and O–H groups in total. The van der Waals surface area contributed by atoms with Crippen molar-refractivity contribution in [3.05, 3.63) is 35.9 Å². The topological polar surface area (TPSA) is 29.0 Å². The van der Waals surface area contributed by atoms with Gasteiger partial charge in [-0.05, 0) is 13.5 Å². The van der Waals surface area contributed by atoms with E-state index in [9.17, 15) is 0 Å². The van der Waals surface area contributed by atoms with Gasteiger partial charge < -0.3 is 4.90 Å². The van der Waals surface area contributed by atoms with Crippen LogP contribution in [0.1, 0.15) is 12.0 Å². The van der Waals surface area contributed by atoms with Crippen LogP contribution in [0.5, 0.6) is 0 Å². The molecule has 1 aromatic rings. The quantitative estimate of drug-likeness (QED) is 0.586. The highest BCUT2D eigenvalue weighted by Crippen LogP contribution is 2.07. The molecule has 76 valence electrons. The third-order valence-electron chi connectivity index (χ3n) is 2.34. The standard InChI is InChI=1S/C12H13N3/c1-15-6-4-11(5-7-15)2-3-12-8-13-10-14-9-12/h4,8-10H,5-7H2,1H3. The van der Waals surface area contributed by atoms with Crippen LogP contribution in [-0.2, 0) is 0 Å². The van der Waals surface area contributed by atoms with Crippen LogP contribution in [0, 0.1) is 11.8 Å². The second-order valence-electron chi connectivity index (χ2n) is 3.62. The van der Waals surface area contributed by atoms with Gasteiger partial charge in [0.05, 0.1) is 5.56 Å². The van der Waals surface area contributed by atoms with E-state index in [1.807, 2.05) is 0 Å². The highest BCUT2D eigenvalue weighted by atomic mass is 15.1. The minimum Gasteiger partial charge on any atom is -0.302 e. The molecule has 15 heavy (non-hydrogen) atoms. The lowest BCUT2D eigenvalue weighted by molar-refractivity contribution is 0.362. The van der Waals surface area contributed by atoms with Crippen molar-refractivity contribution < 1.29 is 0 Å². The molecule has 0 unspecified atom stereocenters. The molecule has 0 radical (unpaired) electrons. The predicted molar refractivity (Wildman–Crippen MR) is 59.1 cm³/mol. The zero-order valence-electron chi connectivity index (χ0n) is 8.77. The first kappa shape index (κ1) is 9.88. The molecule has 0 spiro atoms. The van der Waals surface area contributed by atoms with Gasteiger partial charge in [0, 0.05) is 31.1 Å². The lowest BCUT2D eigenvalue weighted by Crippen LogP contribution is -2.23. The Labute approximate surface area is 89.9 Å². The van der Waals surface area contributed by atoms with Crippen LogP contribution in [0.15, 0.2) is 30.4 Å². The van der Waals surface area contributed by atoms with Gasteiger partial charge in [0.1, 0.15) is 6.33 Å². The van der Waals surface area contributed by atoms with Crippen molar-refractivity contribution in [3.8, 4) is 11.8 Å². The summed E-state index contributed by atoms with van der Waals surface area (Å²) in [6.45, 7) is 2.08. The van der Waals surface area contributed by atoms with E-state index in [2.05, 4.69) is 39.8 Å². The summed E-state index contributed by atoms with van der Waals surface area (Å²) in [5.74, 6) is 6.23. The van der Waals surface area contributed by atoms with Gasteiger partial charge in [0.15, 0.2) is 0 Å². The zero-order chi connectivity index (χ0) is 10.5. The van der Waals surface area contributed by atoms with E-state index in [0.29, 0.717) is 0 Å². The van der Waals surface area contributed by atoms with E-state index in [4.69, 9.17) is 0 Å². The van der Waals surface area contributed by atoms with Crippen molar-refractivity contribution in [2.24, 2.45) is 0 Å². The third-order valence-corrected chi connectivity index (χ3v) is 2.34. The Kier molecular flexibility index (Phi) is 3.11. The molecule has 2 heterocycles. The van der Waals surface area contributed by atoms with Gasteiger partial charge in [0.2, 0.25) is 0 Å². The molecule has 3 heteroatoms. The molecule has 2 rings (SSSR count). The Morgan fingerprint density at radius 2 is 2.07 bits per heavy atom. The van der Waals surface area contributed by atoms with E-state index >= 15 is 0 Å². The average Bonchev–Trinajstić information content (AvgIpc) is 2.30. The normalized spacial score (nSPS) is 16.5. The Bertz CT molecular complexity index is 411. The summed E-state index contributed by atoms with van der Waals surface area (Å²) < 4.78 is 0. The fourth-order valence-electron chi connectivity index (χ4n) is 1.40. The Morgan fingerprint density at radius 3 is 2.73 bits per heavy atom. The van der Waals surface area contributed by atoms with Crippen molar-refractivity contribution in [2.45, 2.75) is 6.42 Å². The molecule has 0 amide bonds. The lowest BCUT2D eigenvalue weighted by atomic mass is 10.1. The minimum absolute atomic E-state index is 0.873. The summed E-state index contributed by atoms with van der Waals surface area (Å²) in [5, 5.41) is 0. The zero-order valence-corrected chi connectivity index (χ0v) is 8.77. The maximum atomic E-state index is 3.92. The van der Waals surface area contributed by atoms with Crippen LogP contribution in [0.25, 0.3) is 0 Å². The highest BCUT2D eigenvalue weighted by Gasteiger charge is 2.04. The van der Waals surface area contributed by atoms with Crippen molar-refractivity contribution in [1.82, 2.24) is 14.9 Å². The maximum absolute atomic E-state index is 3.92. The van der Waals surface area contributed by atoms with Crippen molar-refractivity contribution in [3.63, 3.8) is 0 Å². The van der Waals surface area contributed by atoms with Crippen LogP contribution in [0.4, 0.5) is 0 Å². The average molecular weight is 199 g/mol. The first-order valence-corrected chi connectivity index (χ1v) is 4.99. The van der Waals surface area contributed by atoms with Gasteiger partial charge >= 0.3 is 0 Å². The van der Waals surface area contributed by atoms with E-state index in [1.54, 1.807) is 12.4 Å². The van der Waals surface area contributed by atoms with E-state index in [-0.39, 0.29) is 0 Å². The molecule has 0 aromatic carbocycles. The number of hydrogen-bond donors (Lipinski definition) is 0. The van der Waals surface area contributed by atoms with Crippen LogP contribution in [0.3, 0.4) is 0 Å². The first-order chi connectivity index (χ1) is 7.34. The van der Waals surface area contributed by atoms with Gasteiger partial charge in [-0.1, -0.05) is 17.9 Å². The summed E-state index contributed by atoms with van der Waals surface area (Å²) in [5.41, 5.74) is 2.09. The maximum Gasteiger partial charge on any atom is 0.115 e. The number of likely N-dealkylation sites (N-methyl/N-ethyl adjacent to an activating group) is 1. The van der Waals surface area contributed by atoms with Crippen molar-refractivity contribution in [1.29, 1.82) is 0 Å². The SMILES string of the molecule is CN1CC=C(C#Cc2cncnc2)CC1. The molecule has 3 nitrogen and oxygen atoms in total. The Morgan fingerprint density at radius 1 is 1.27 bits per heavy atom. The van der Waals surface area contributed by atoms with E-state index < -0.39 is 0 Å². The summed E-state index contributed by atoms with van der Waals surface area (Å²) in [6, 6.07) is 0. The van der Waals surface area contributed by atoms with Crippen LogP contribution in [-0.4, -0.2) is 35.0 Å². The Hall–Kier alpha value is -1.66. The predicted octanol–water partition coefficient (Wildman–Crippen LogP) is 1.09. The smallest absolute Gasteiger partial charge is 0.115 e. The van der Waals surface area contributed by atoms with Crippen LogP contribution >= 0.6 is 0 Å². The molecule has 1 aromatic heterocycles. The molecule has 0 aliphatic carbocycles. The minimum atomic E-state index is 0.873. The second-order valence-corrected chi connectivity index (χ2v) is 3.62. The fourth-order valence-corrected chi connectivity index (χ4v) is 1.40. The molecule has 1 aliphatic heterocycles. The fraction of sp³-hybridized carbons (Fsp3) is 0.333. The summed E-state index contributed by atoms with van der Waals surface area (Å²) in [6.07, 6.45) is 8.20. The summed E-state index contributed by atoms with van der Waals surface area (Å²) in [7, 11) is 2.12. The van der Waals surface area contributed by atoms with Gasteiger partial charge in [-0.15, -0.1) is 0 Å². The lowest BCUT2D eigenvalue weighted by Gasteiger charge is -2.18. The molecule has 0 saturated heterocycles. The molecule has 0 saturated carbocycles. The number of rotatable bonds is 0. The molecule has 0 bridgehead atoms. The molecular weight excluding hydrogens is 186 g/mol. The van der Waals surface area contributed by atoms with E-state index in [1.165, 1.54) is 11.9 Å². The molecule has 1 aliphatic rings. The summed E-state index contributed by atoms with van der Waals surface area (Å²) >= 11 is 0. The largest absolute Gasteiger partial charge is 0.302 e. The molecule has 0 fully saturated rings. The summed E-state index contributed by atoms with van der Waals surface area (Å²) in [4.78, 5) is 10.1. The van der Waals surface area contributed by atoms with Crippen molar-refractivity contribution >= 4 is 0 Å². The molecular formula is C12H13N3. The Balaban J connectivity index is 2.07. The number of hydrogen-bond acceptors (Lipinski definition) is 3. The third kappa shape index (κ3) is 2.90. The van der Waals surface area contributed by atoms with Gasteiger partial charge in [-0.25, -0.2) is 9.97 Å². The van der Waals surface area contributed by atoms with Gasteiger partial charge in [-0.3, -0.25) is 0 Å². The van der Waals surface area contributed by atoms with Gasteiger partial charge in [-0.2, -0.15) is 0 Å².